The van der Waals surface area contributed by atoms with Crippen LogP contribution in [0.1, 0.15) is 96.8 Å². The molecule has 25 heavy (non-hydrogen) atoms. The summed E-state index contributed by atoms with van der Waals surface area (Å²) in [5.41, 5.74) is 0. The van der Waals surface area contributed by atoms with Gasteiger partial charge in [-0.3, -0.25) is 0 Å². The van der Waals surface area contributed by atoms with Gasteiger partial charge in [0.15, 0.2) is 0 Å². The number of carboxylic acids is 1. The second-order valence-electron chi connectivity index (χ2n) is 6.58. The van der Waals surface area contributed by atoms with E-state index < -0.39 is 16.0 Å². The normalized spacial score (nSPS) is 11.2. The van der Waals surface area contributed by atoms with Crippen LogP contribution in [0.5, 0.6) is 0 Å². The molecule has 0 aromatic carbocycles. The summed E-state index contributed by atoms with van der Waals surface area (Å²) in [6.07, 6.45) is 15.5. The Morgan fingerprint density at radius 2 is 1.20 bits per heavy atom. The number of hydrogen-bond acceptors (Lipinski definition) is 4. The van der Waals surface area contributed by atoms with Crippen molar-refractivity contribution in [3.05, 3.63) is 0 Å². The van der Waals surface area contributed by atoms with Crippen molar-refractivity contribution in [3.8, 4) is 0 Å². The Kier molecular flexibility index (Phi) is 21.1. The van der Waals surface area contributed by atoms with E-state index in [1.165, 1.54) is 64.2 Å². The summed E-state index contributed by atoms with van der Waals surface area (Å²) in [7, 11) is -3.33. The second-order valence-corrected chi connectivity index (χ2v) is 8.50. The number of sulfonamides is 1. The maximum atomic E-state index is 11.6. The van der Waals surface area contributed by atoms with E-state index in [1.807, 2.05) is 0 Å². The number of carboxylic acid groups (broad SMARTS) is 1. The van der Waals surface area contributed by atoms with E-state index in [0.717, 1.165) is 12.8 Å². The SMILES string of the molecule is CCCCCCCCCCCCCCCS(=O)(=O)NCCC(=O)[O-].[Na+]. The fourth-order valence-corrected chi connectivity index (χ4v) is 3.83. The van der Waals surface area contributed by atoms with Crippen molar-refractivity contribution in [1.29, 1.82) is 0 Å². The standard InChI is InChI=1S/C18H37NO4S.Na/c1-2-3-4-5-6-7-8-9-10-11-12-13-14-17-24(22,23)19-16-15-18(20)21;/h19H,2-17H2,1H3,(H,20,21);/q;+1/p-1. The molecule has 0 spiro atoms. The minimum atomic E-state index is -3.33. The topological polar surface area (TPSA) is 86.3 Å². The molecule has 5 nitrogen and oxygen atoms in total. The van der Waals surface area contributed by atoms with E-state index in [9.17, 15) is 18.3 Å². The fraction of sp³-hybridized carbons (Fsp3) is 0.944. The summed E-state index contributed by atoms with van der Waals surface area (Å²) in [4.78, 5) is 10.2. The second kappa shape index (κ2) is 19.2. The van der Waals surface area contributed by atoms with Gasteiger partial charge in [0.05, 0.1) is 5.75 Å². The summed E-state index contributed by atoms with van der Waals surface area (Å²) < 4.78 is 25.5. The maximum Gasteiger partial charge on any atom is 1.00 e. The molecule has 0 rings (SSSR count). The van der Waals surface area contributed by atoms with Gasteiger partial charge in [0, 0.05) is 18.9 Å². The fourth-order valence-electron chi connectivity index (χ4n) is 2.69. The van der Waals surface area contributed by atoms with Crippen LogP contribution < -0.4 is 39.4 Å². The predicted molar refractivity (Wildman–Crippen MR) is 97.1 cm³/mol. The zero-order valence-electron chi connectivity index (χ0n) is 16.4. The number of carbonyl (C=O) groups excluding carboxylic acids is 1. The summed E-state index contributed by atoms with van der Waals surface area (Å²) in [6, 6.07) is 0. The first-order chi connectivity index (χ1) is 11.5. The molecule has 0 aromatic rings. The van der Waals surface area contributed by atoms with Crippen molar-refractivity contribution in [2.75, 3.05) is 12.3 Å². The minimum Gasteiger partial charge on any atom is -0.550 e. The smallest absolute Gasteiger partial charge is 0.550 e. The third-order valence-electron chi connectivity index (χ3n) is 4.17. The quantitative estimate of drug-likeness (QED) is 0.269. The van der Waals surface area contributed by atoms with Gasteiger partial charge in [-0.25, -0.2) is 13.1 Å². The third-order valence-corrected chi connectivity index (χ3v) is 5.64. The van der Waals surface area contributed by atoms with Gasteiger partial charge in [-0.2, -0.15) is 0 Å². The molecule has 0 bridgehead atoms. The monoisotopic (exact) mass is 385 g/mol. The van der Waals surface area contributed by atoms with Gasteiger partial charge in [0.1, 0.15) is 0 Å². The zero-order valence-corrected chi connectivity index (χ0v) is 19.2. The van der Waals surface area contributed by atoms with Gasteiger partial charge >= 0.3 is 29.6 Å². The van der Waals surface area contributed by atoms with Crippen LogP contribution >= 0.6 is 0 Å². The molecular formula is C18H36NNaO4S. The molecule has 0 amide bonds. The third kappa shape index (κ3) is 22.3. The van der Waals surface area contributed by atoms with Crippen molar-refractivity contribution >= 4 is 16.0 Å². The largest absolute Gasteiger partial charge is 1.00 e. The molecule has 0 aliphatic rings. The molecule has 0 saturated heterocycles. The zero-order chi connectivity index (χ0) is 18.1. The Morgan fingerprint density at radius 3 is 1.60 bits per heavy atom. The first-order valence-electron chi connectivity index (χ1n) is 9.65. The van der Waals surface area contributed by atoms with Crippen LogP contribution in [0.15, 0.2) is 0 Å². The van der Waals surface area contributed by atoms with Crippen molar-refractivity contribution in [3.63, 3.8) is 0 Å². The Balaban J connectivity index is 0. The molecule has 7 heteroatoms. The average Bonchev–Trinajstić information content (AvgIpc) is 2.51. The van der Waals surface area contributed by atoms with Crippen LogP contribution in [-0.4, -0.2) is 26.7 Å². The van der Waals surface area contributed by atoms with Crippen molar-refractivity contribution < 1.29 is 47.9 Å². The molecule has 0 atom stereocenters. The number of nitrogens with one attached hydrogen (secondary N) is 1. The Hall–Kier alpha value is 0.380. The Bertz CT molecular complexity index is 402. The van der Waals surface area contributed by atoms with Crippen LogP contribution in [0.2, 0.25) is 0 Å². The minimum absolute atomic E-state index is 0. The number of carbonyl (C=O) groups is 1. The first-order valence-corrected chi connectivity index (χ1v) is 11.3. The van der Waals surface area contributed by atoms with Crippen molar-refractivity contribution in [2.24, 2.45) is 0 Å². The summed E-state index contributed by atoms with van der Waals surface area (Å²) in [5.74, 6) is -1.16. The molecule has 0 aromatic heterocycles. The van der Waals surface area contributed by atoms with Crippen molar-refractivity contribution in [1.82, 2.24) is 4.72 Å². The number of unbranched alkanes of at least 4 members (excludes halogenated alkanes) is 12. The molecule has 0 aliphatic heterocycles. The maximum absolute atomic E-state index is 11.6. The summed E-state index contributed by atoms with van der Waals surface area (Å²) in [6.45, 7) is 2.16. The molecule has 0 heterocycles. The van der Waals surface area contributed by atoms with E-state index in [4.69, 9.17) is 0 Å². The number of rotatable bonds is 18. The van der Waals surface area contributed by atoms with Gasteiger partial charge in [-0.15, -0.1) is 0 Å². The Labute approximate surface area is 177 Å². The average molecular weight is 386 g/mol. The first kappa shape index (κ1) is 27.6. The Morgan fingerprint density at radius 1 is 0.800 bits per heavy atom. The van der Waals surface area contributed by atoms with Gasteiger partial charge in [-0.05, 0) is 6.42 Å². The van der Waals surface area contributed by atoms with E-state index >= 15 is 0 Å². The van der Waals surface area contributed by atoms with E-state index in [1.54, 1.807) is 0 Å². The van der Waals surface area contributed by atoms with Crippen molar-refractivity contribution in [2.45, 2.75) is 96.8 Å². The van der Waals surface area contributed by atoms with Gasteiger partial charge in [-0.1, -0.05) is 84.0 Å². The van der Waals surface area contributed by atoms with E-state index in [2.05, 4.69) is 11.6 Å². The molecule has 1 N–H and O–H groups in total. The van der Waals surface area contributed by atoms with E-state index in [-0.39, 0.29) is 48.3 Å². The molecule has 144 valence electrons. The molecule has 0 radical (unpaired) electrons. The van der Waals surface area contributed by atoms with Crippen LogP contribution in [-0.2, 0) is 14.8 Å². The van der Waals surface area contributed by atoms with Crippen LogP contribution in [0.3, 0.4) is 0 Å². The van der Waals surface area contributed by atoms with Gasteiger partial charge < -0.3 is 9.90 Å². The number of hydrogen-bond donors (Lipinski definition) is 1. The predicted octanol–water partition coefficient (Wildman–Crippen LogP) is 0.141. The van der Waals surface area contributed by atoms with E-state index in [0.29, 0.717) is 6.42 Å². The number of aliphatic carboxylic acids is 1. The van der Waals surface area contributed by atoms with Crippen LogP contribution in [0.4, 0.5) is 0 Å². The molecule has 0 aliphatic carbocycles. The molecule has 0 unspecified atom stereocenters. The molecule has 0 saturated carbocycles. The van der Waals surface area contributed by atoms with Gasteiger partial charge in [0.25, 0.3) is 0 Å². The van der Waals surface area contributed by atoms with Gasteiger partial charge in [0.2, 0.25) is 10.0 Å². The summed E-state index contributed by atoms with van der Waals surface area (Å²) in [5, 5.41) is 10.2. The van der Waals surface area contributed by atoms with Crippen LogP contribution in [0.25, 0.3) is 0 Å². The summed E-state index contributed by atoms with van der Waals surface area (Å²) >= 11 is 0. The van der Waals surface area contributed by atoms with Crippen LogP contribution in [0, 0.1) is 0 Å². The molecule has 0 fully saturated rings. The molecular weight excluding hydrogens is 349 g/mol.